The van der Waals surface area contributed by atoms with E-state index in [9.17, 15) is 0 Å². The summed E-state index contributed by atoms with van der Waals surface area (Å²) < 4.78 is 0. The largest absolute Gasteiger partial charge is 0.264 e. The maximum Gasteiger partial charge on any atom is 0.0723 e. The number of pyridine rings is 2. The molecule has 0 saturated heterocycles. The van der Waals surface area contributed by atoms with E-state index in [-0.39, 0.29) is 0 Å². The Hall–Kier alpha value is -5.60. The van der Waals surface area contributed by atoms with Gasteiger partial charge >= 0.3 is 0 Å². The van der Waals surface area contributed by atoms with Gasteiger partial charge in [0.15, 0.2) is 0 Å². The lowest BCUT2D eigenvalue weighted by Gasteiger charge is -2.21. The zero-order valence-corrected chi connectivity index (χ0v) is 22.9. The Balaban J connectivity index is 1.54. The SMILES string of the molecule is c1ccc(-c2c3ccccc3c(-c3cc4ccccc4cc3-c3ccncc3-c3ccccn3)c3ccccc23)cc1. The zero-order chi connectivity index (χ0) is 27.9. The summed E-state index contributed by atoms with van der Waals surface area (Å²) in [5.74, 6) is 0. The maximum absolute atomic E-state index is 4.70. The molecule has 0 fully saturated rings. The van der Waals surface area contributed by atoms with Gasteiger partial charge in [0.25, 0.3) is 0 Å². The third-order valence-corrected chi connectivity index (χ3v) is 8.20. The molecule has 0 amide bonds. The van der Waals surface area contributed by atoms with E-state index in [2.05, 4.69) is 132 Å². The Morgan fingerprint density at radius 3 is 1.60 bits per heavy atom. The molecule has 42 heavy (non-hydrogen) atoms. The second-order valence-electron chi connectivity index (χ2n) is 10.6. The second-order valence-corrected chi connectivity index (χ2v) is 10.6. The second kappa shape index (κ2) is 10.1. The van der Waals surface area contributed by atoms with Crippen LogP contribution in [0.5, 0.6) is 0 Å². The topological polar surface area (TPSA) is 25.8 Å². The lowest BCUT2D eigenvalue weighted by atomic mass is 9.82. The fourth-order valence-corrected chi connectivity index (χ4v) is 6.36. The first-order valence-corrected chi connectivity index (χ1v) is 14.2. The van der Waals surface area contributed by atoms with Gasteiger partial charge < -0.3 is 0 Å². The maximum atomic E-state index is 4.70. The molecule has 2 heteroatoms. The molecule has 0 aliphatic rings. The first-order valence-electron chi connectivity index (χ1n) is 14.2. The molecule has 0 atom stereocenters. The van der Waals surface area contributed by atoms with E-state index >= 15 is 0 Å². The Morgan fingerprint density at radius 2 is 0.952 bits per heavy atom. The van der Waals surface area contributed by atoms with Crippen LogP contribution >= 0.6 is 0 Å². The smallest absolute Gasteiger partial charge is 0.0723 e. The van der Waals surface area contributed by atoms with Crippen molar-refractivity contribution < 1.29 is 0 Å². The summed E-state index contributed by atoms with van der Waals surface area (Å²) in [4.78, 5) is 9.22. The first-order chi connectivity index (χ1) is 20.9. The molecular formula is C40H26N2. The van der Waals surface area contributed by atoms with Crippen molar-refractivity contribution in [1.29, 1.82) is 0 Å². The van der Waals surface area contributed by atoms with Gasteiger partial charge in [-0.15, -0.1) is 0 Å². The summed E-state index contributed by atoms with van der Waals surface area (Å²) in [5, 5.41) is 7.38. The number of nitrogens with zero attached hydrogens (tertiary/aromatic N) is 2. The minimum absolute atomic E-state index is 0.911. The monoisotopic (exact) mass is 534 g/mol. The predicted molar refractivity (Wildman–Crippen MR) is 176 cm³/mol. The summed E-state index contributed by atoms with van der Waals surface area (Å²) in [6.45, 7) is 0. The highest BCUT2D eigenvalue weighted by Crippen LogP contribution is 2.47. The number of hydrogen-bond acceptors (Lipinski definition) is 2. The van der Waals surface area contributed by atoms with E-state index in [1.54, 1.807) is 0 Å². The van der Waals surface area contributed by atoms with Crippen LogP contribution in [0.25, 0.3) is 77.0 Å². The van der Waals surface area contributed by atoms with E-state index in [0.29, 0.717) is 0 Å². The quantitative estimate of drug-likeness (QED) is 0.210. The van der Waals surface area contributed by atoms with Gasteiger partial charge in [-0.25, -0.2) is 0 Å². The molecule has 0 saturated carbocycles. The minimum Gasteiger partial charge on any atom is -0.264 e. The average Bonchev–Trinajstić information content (AvgIpc) is 3.07. The molecule has 6 aromatic carbocycles. The third kappa shape index (κ3) is 3.96. The Kier molecular flexibility index (Phi) is 5.82. The van der Waals surface area contributed by atoms with E-state index < -0.39 is 0 Å². The molecule has 0 N–H and O–H groups in total. The molecule has 0 aliphatic carbocycles. The summed E-state index contributed by atoms with van der Waals surface area (Å²) in [5.41, 5.74) is 9.14. The van der Waals surface area contributed by atoms with Crippen molar-refractivity contribution in [2.24, 2.45) is 0 Å². The number of rotatable bonds is 4. The fraction of sp³-hybridized carbons (Fsp3) is 0. The zero-order valence-electron chi connectivity index (χ0n) is 22.9. The van der Waals surface area contributed by atoms with Crippen molar-refractivity contribution in [2.75, 3.05) is 0 Å². The van der Waals surface area contributed by atoms with Crippen LogP contribution in [0.2, 0.25) is 0 Å². The van der Waals surface area contributed by atoms with Crippen LogP contribution in [0.4, 0.5) is 0 Å². The molecule has 2 aromatic heterocycles. The summed E-state index contributed by atoms with van der Waals surface area (Å²) in [6, 6.07) is 49.9. The Bertz CT molecular complexity index is 2180. The highest BCUT2D eigenvalue weighted by molar-refractivity contribution is 6.23. The van der Waals surface area contributed by atoms with Gasteiger partial charge in [-0.2, -0.15) is 0 Å². The normalized spacial score (nSPS) is 11.3. The first kappa shape index (κ1) is 24.2. The van der Waals surface area contributed by atoms with Crippen LogP contribution < -0.4 is 0 Å². The lowest BCUT2D eigenvalue weighted by molar-refractivity contribution is 1.28. The number of benzene rings is 6. The van der Waals surface area contributed by atoms with Gasteiger partial charge in [-0.3, -0.25) is 9.97 Å². The van der Waals surface area contributed by atoms with Crippen LogP contribution in [0, 0.1) is 0 Å². The predicted octanol–water partition coefficient (Wildman–Crippen LogP) is 10.6. The molecule has 0 radical (unpaired) electrons. The molecule has 0 aliphatic heterocycles. The van der Waals surface area contributed by atoms with Crippen LogP contribution in [-0.2, 0) is 0 Å². The molecule has 0 bridgehead atoms. The molecule has 196 valence electrons. The van der Waals surface area contributed by atoms with Crippen molar-refractivity contribution >= 4 is 32.3 Å². The van der Waals surface area contributed by atoms with Crippen molar-refractivity contribution in [3.8, 4) is 44.6 Å². The number of fused-ring (bicyclic) bond motifs is 3. The van der Waals surface area contributed by atoms with Crippen molar-refractivity contribution in [2.45, 2.75) is 0 Å². The van der Waals surface area contributed by atoms with Crippen LogP contribution in [0.1, 0.15) is 0 Å². The molecule has 2 nitrogen and oxygen atoms in total. The van der Waals surface area contributed by atoms with Crippen molar-refractivity contribution in [1.82, 2.24) is 9.97 Å². The van der Waals surface area contributed by atoms with Gasteiger partial charge in [0.2, 0.25) is 0 Å². The van der Waals surface area contributed by atoms with Gasteiger partial charge in [0.05, 0.1) is 5.69 Å². The lowest BCUT2D eigenvalue weighted by Crippen LogP contribution is -1.95. The summed E-state index contributed by atoms with van der Waals surface area (Å²) in [7, 11) is 0. The standard InChI is InChI=1S/C40H26N2/c1-2-12-27(13-3-1)39-31-16-6-8-18-33(31)40(34-19-9-7-17-32(34)39)36-25-29-15-5-4-14-28(29)24-35(36)30-21-23-41-26-37(30)38-20-10-11-22-42-38/h1-26H. The van der Waals surface area contributed by atoms with Crippen LogP contribution in [-0.4, -0.2) is 9.97 Å². The molecular weight excluding hydrogens is 508 g/mol. The summed E-state index contributed by atoms with van der Waals surface area (Å²) in [6.07, 6.45) is 5.66. The van der Waals surface area contributed by atoms with Gasteiger partial charge in [0.1, 0.15) is 0 Å². The van der Waals surface area contributed by atoms with E-state index in [0.717, 1.165) is 16.8 Å². The highest BCUT2D eigenvalue weighted by atomic mass is 14.7. The fourth-order valence-electron chi connectivity index (χ4n) is 6.36. The van der Waals surface area contributed by atoms with E-state index in [1.165, 1.54) is 60.1 Å². The van der Waals surface area contributed by atoms with Crippen LogP contribution in [0.15, 0.2) is 158 Å². The van der Waals surface area contributed by atoms with Gasteiger partial charge in [-0.05, 0) is 96.0 Å². The van der Waals surface area contributed by atoms with Gasteiger partial charge in [0, 0.05) is 24.2 Å². The number of hydrogen-bond donors (Lipinski definition) is 0. The van der Waals surface area contributed by atoms with Crippen LogP contribution in [0.3, 0.4) is 0 Å². The van der Waals surface area contributed by atoms with Crippen molar-refractivity contribution in [3.63, 3.8) is 0 Å². The number of aromatic nitrogens is 2. The Labute approximate surface area is 244 Å². The molecule has 0 unspecified atom stereocenters. The van der Waals surface area contributed by atoms with E-state index in [4.69, 9.17) is 4.98 Å². The molecule has 8 aromatic rings. The Morgan fingerprint density at radius 1 is 0.381 bits per heavy atom. The molecule has 8 rings (SSSR count). The third-order valence-electron chi connectivity index (χ3n) is 8.20. The average molecular weight is 535 g/mol. The summed E-state index contributed by atoms with van der Waals surface area (Å²) >= 11 is 0. The van der Waals surface area contributed by atoms with Crippen molar-refractivity contribution in [3.05, 3.63) is 158 Å². The molecule has 2 heterocycles. The van der Waals surface area contributed by atoms with Gasteiger partial charge in [-0.1, -0.05) is 109 Å². The van der Waals surface area contributed by atoms with E-state index in [1.807, 2.05) is 30.7 Å². The molecule has 0 spiro atoms. The minimum atomic E-state index is 0.911. The highest BCUT2D eigenvalue weighted by Gasteiger charge is 2.21.